The van der Waals surface area contributed by atoms with Gasteiger partial charge in [-0.2, -0.15) is 0 Å². The first-order valence-corrected chi connectivity index (χ1v) is 12.3. The van der Waals surface area contributed by atoms with Crippen LogP contribution in [0.1, 0.15) is 43.4 Å². The van der Waals surface area contributed by atoms with E-state index in [1.54, 1.807) is 12.1 Å². The summed E-state index contributed by atoms with van der Waals surface area (Å²) in [5.74, 6) is 0.561. The Kier molecular flexibility index (Phi) is 6.67. The molecule has 1 aliphatic carbocycles. The number of benzene rings is 2. The quantitative estimate of drug-likeness (QED) is 0.307. The van der Waals surface area contributed by atoms with E-state index in [1.165, 1.54) is 23.5 Å². The summed E-state index contributed by atoms with van der Waals surface area (Å²) in [6.07, 6.45) is 2.95. The van der Waals surface area contributed by atoms with E-state index in [2.05, 4.69) is 20.5 Å². The highest BCUT2D eigenvalue weighted by Crippen LogP contribution is 2.36. The number of carbonyl (C=O) groups excluding carboxylic acids is 1. The Morgan fingerprint density at radius 1 is 1.15 bits per heavy atom. The second kappa shape index (κ2) is 9.85. The molecule has 1 saturated carbocycles. The third-order valence-electron chi connectivity index (χ3n) is 5.76. The van der Waals surface area contributed by atoms with Gasteiger partial charge in [-0.3, -0.25) is 4.79 Å². The number of fused-ring (bicyclic) bond motifs is 1. The summed E-state index contributed by atoms with van der Waals surface area (Å²) < 4.78 is 25.7. The average Bonchev–Trinajstić information content (AvgIpc) is 3.46. The molecule has 0 atom stereocenters. The topological polar surface area (TPSA) is 90.1 Å². The van der Waals surface area contributed by atoms with E-state index in [1.807, 2.05) is 12.1 Å². The van der Waals surface area contributed by atoms with Gasteiger partial charge in [0.05, 0.1) is 15.2 Å². The number of ether oxygens (including phenoxy) is 1. The van der Waals surface area contributed by atoms with Gasteiger partial charge in [0.2, 0.25) is 11.8 Å². The molecule has 2 heterocycles. The third-order valence-corrected chi connectivity index (χ3v) is 7.26. The van der Waals surface area contributed by atoms with Gasteiger partial charge in [-0.05, 0) is 56.0 Å². The van der Waals surface area contributed by atoms with Gasteiger partial charge in [-0.15, -0.1) is 10.2 Å². The molecular formula is C23H19Cl2FN4O3S. The van der Waals surface area contributed by atoms with Crippen LogP contribution >= 0.6 is 34.5 Å². The predicted octanol–water partition coefficient (Wildman–Crippen LogP) is 6.62. The van der Waals surface area contributed by atoms with E-state index in [0.717, 1.165) is 23.1 Å². The number of rotatable bonds is 6. The summed E-state index contributed by atoms with van der Waals surface area (Å²) in [6, 6.07) is 9.68. The highest BCUT2D eigenvalue weighted by atomic mass is 35.5. The minimum Gasteiger partial charge on any atom is -0.484 e. The van der Waals surface area contributed by atoms with Crippen molar-refractivity contribution in [1.29, 1.82) is 0 Å². The van der Waals surface area contributed by atoms with Crippen molar-refractivity contribution < 1.29 is 18.3 Å². The number of aromatic nitrogens is 3. The second-order valence-corrected chi connectivity index (χ2v) is 9.94. The van der Waals surface area contributed by atoms with E-state index in [-0.39, 0.29) is 29.4 Å². The van der Waals surface area contributed by atoms with Crippen LogP contribution in [0.2, 0.25) is 10.0 Å². The van der Waals surface area contributed by atoms with Gasteiger partial charge >= 0.3 is 0 Å². The lowest BCUT2D eigenvalue weighted by Crippen LogP contribution is -2.26. The van der Waals surface area contributed by atoms with Gasteiger partial charge in [0.1, 0.15) is 11.6 Å². The molecule has 0 saturated heterocycles. The van der Waals surface area contributed by atoms with E-state index in [0.29, 0.717) is 40.5 Å². The van der Waals surface area contributed by atoms with Crippen molar-refractivity contribution in [3.05, 3.63) is 64.0 Å². The van der Waals surface area contributed by atoms with E-state index >= 15 is 0 Å². The molecule has 0 unspecified atom stereocenters. The molecule has 5 rings (SSSR count). The maximum atomic E-state index is 13.5. The molecule has 11 heteroatoms. The molecule has 0 spiro atoms. The van der Waals surface area contributed by atoms with Crippen LogP contribution in [0.3, 0.4) is 0 Å². The van der Waals surface area contributed by atoms with Crippen LogP contribution in [-0.2, 0) is 11.4 Å². The molecule has 1 fully saturated rings. The number of nitrogens with one attached hydrogen (secondary N) is 1. The second-order valence-electron chi connectivity index (χ2n) is 8.07. The predicted molar refractivity (Wildman–Crippen MR) is 128 cm³/mol. The lowest BCUT2D eigenvalue weighted by Gasteiger charge is -2.25. The van der Waals surface area contributed by atoms with Crippen LogP contribution in [-0.4, -0.2) is 21.1 Å². The van der Waals surface area contributed by atoms with Gasteiger partial charge in [0.15, 0.2) is 11.7 Å². The first-order valence-electron chi connectivity index (χ1n) is 10.7. The van der Waals surface area contributed by atoms with Crippen LogP contribution < -0.4 is 10.1 Å². The van der Waals surface area contributed by atoms with Crippen LogP contribution in [0.5, 0.6) is 5.75 Å². The molecule has 1 amide bonds. The number of thiazole rings is 1. The Balaban J connectivity index is 1.13. The van der Waals surface area contributed by atoms with E-state index in [4.69, 9.17) is 32.4 Å². The Labute approximate surface area is 208 Å². The SMILES string of the molecule is O=C(Nc1nc2cc(Cl)ccc2s1)C1CCC(c2nnc(COc3ccc(Cl)c(F)c3)o2)CC1. The maximum absolute atomic E-state index is 13.5. The Bertz CT molecular complexity index is 1340. The molecule has 176 valence electrons. The summed E-state index contributed by atoms with van der Waals surface area (Å²) in [4.78, 5) is 17.2. The number of hydrogen-bond acceptors (Lipinski definition) is 7. The molecule has 0 bridgehead atoms. The maximum Gasteiger partial charge on any atom is 0.253 e. The van der Waals surface area contributed by atoms with Crippen molar-refractivity contribution in [2.75, 3.05) is 5.32 Å². The van der Waals surface area contributed by atoms with Crippen LogP contribution in [0.15, 0.2) is 40.8 Å². The fourth-order valence-electron chi connectivity index (χ4n) is 3.97. The van der Waals surface area contributed by atoms with Gasteiger partial charge in [-0.25, -0.2) is 9.37 Å². The Morgan fingerprint density at radius 3 is 2.76 bits per heavy atom. The van der Waals surface area contributed by atoms with Gasteiger partial charge in [0.25, 0.3) is 5.89 Å². The standard InChI is InChI=1S/C23H19Cl2FN4O3S/c24-14-5-8-19-18(9-14)27-23(34-19)28-21(31)12-1-3-13(4-2-12)22-30-29-20(33-22)11-32-15-6-7-16(25)17(26)10-15/h5-10,12-13H,1-4,11H2,(H,27,28,31). The normalized spacial score (nSPS) is 18.2. The van der Waals surface area contributed by atoms with Crippen LogP contribution in [0.25, 0.3) is 10.2 Å². The van der Waals surface area contributed by atoms with Crippen molar-refractivity contribution in [2.45, 2.75) is 38.2 Å². The highest BCUT2D eigenvalue weighted by Gasteiger charge is 2.30. The number of nitrogens with zero attached hydrogens (tertiary/aromatic N) is 3. The Morgan fingerprint density at radius 2 is 1.97 bits per heavy atom. The summed E-state index contributed by atoms with van der Waals surface area (Å²) in [7, 11) is 0. The zero-order chi connectivity index (χ0) is 23.7. The third kappa shape index (κ3) is 5.16. The summed E-state index contributed by atoms with van der Waals surface area (Å²) >= 11 is 13.1. The highest BCUT2D eigenvalue weighted by molar-refractivity contribution is 7.22. The largest absolute Gasteiger partial charge is 0.484 e. The lowest BCUT2D eigenvalue weighted by atomic mass is 9.81. The molecular weight excluding hydrogens is 502 g/mol. The fraction of sp³-hybridized carbons (Fsp3) is 0.304. The lowest BCUT2D eigenvalue weighted by molar-refractivity contribution is -0.120. The summed E-state index contributed by atoms with van der Waals surface area (Å²) in [6.45, 7) is 0.0270. The van der Waals surface area contributed by atoms with Crippen molar-refractivity contribution in [3.63, 3.8) is 0 Å². The number of anilines is 1. The van der Waals surface area contributed by atoms with Crippen molar-refractivity contribution in [1.82, 2.24) is 15.2 Å². The monoisotopic (exact) mass is 520 g/mol. The first-order chi connectivity index (χ1) is 16.4. The molecule has 1 aliphatic rings. The number of hydrogen-bond donors (Lipinski definition) is 1. The first kappa shape index (κ1) is 23.0. The molecule has 0 radical (unpaired) electrons. The van der Waals surface area contributed by atoms with E-state index in [9.17, 15) is 9.18 Å². The number of amides is 1. The van der Waals surface area contributed by atoms with Crippen molar-refractivity contribution in [2.24, 2.45) is 5.92 Å². The molecule has 7 nitrogen and oxygen atoms in total. The summed E-state index contributed by atoms with van der Waals surface area (Å²) in [5.41, 5.74) is 0.772. The number of halogens is 3. The number of carbonyl (C=O) groups is 1. The molecule has 2 aromatic carbocycles. The zero-order valence-corrected chi connectivity index (χ0v) is 20.1. The molecule has 1 N–H and O–H groups in total. The minimum absolute atomic E-state index is 0.0270. The van der Waals surface area contributed by atoms with E-state index < -0.39 is 5.82 Å². The van der Waals surface area contributed by atoms with Crippen molar-refractivity contribution >= 4 is 55.8 Å². The van der Waals surface area contributed by atoms with Crippen molar-refractivity contribution in [3.8, 4) is 5.75 Å². The minimum atomic E-state index is -0.557. The van der Waals surface area contributed by atoms with Gasteiger partial charge < -0.3 is 14.5 Å². The molecule has 34 heavy (non-hydrogen) atoms. The molecule has 0 aliphatic heterocycles. The van der Waals surface area contributed by atoms with Gasteiger partial charge in [-0.1, -0.05) is 34.5 Å². The van der Waals surface area contributed by atoms with Gasteiger partial charge in [0, 0.05) is 22.9 Å². The zero-order valence-electron chi connectivity index (χ0n) is 17.8. The average molecular weight is 521 g/mol. The summed E-state index contributed by atoms with van der Waals surface area (Å²) in [5, 5.41) is 12.3. The molecule has 4 aromatic rings. The smallest absolute Gasteiger partial charge is 0.253 e. The van der Waals surface area contributed by atoms with Crippen LogP contribution in [0.4, 0.5) is 9.52 Å². The molecule has 2 aromatic heterocycles. The van der Waals surface area contributed by atoms with Crippen LogP contribution in [0, 0.1) is 11.7 Å². The fourth-order valence-corrected chi connectivity index (χ4v) is 5.10. The Hall–Kier alpha value is -2.75.